The third-order valence-corrected chi connectivity index (χ3v) is 3.63. The van der Waals surface area contributed by atoms with Crippen LogP contribution < -0.4 is 5.32 Å². The molecule has 1 heterocycles. The molecule has 0 aromatic carbocycles. The summed E-state index contributed by atoms with van der Waals surface area (Å²) in [6.07, 6.45) is 2.90. The molecule has 19 heavy (non-hydrogen) atoms. The highest BCUT2D eigenvalue weighted by Crippen LogP contribution is 2.20. The van der Waals surface area contributed by atoms with E-state index in [4.69, 9.17) is 0 Å². The zero-order valence-corrected chi connectivity index (χ0v) is 12.0. The lowest BCUT2D eigenvalue weighted by molar-refractivity contribution is -0.130. The first kappa shape index (κ1) is 16.0. The lowest BCUT2D eigenvalue weighted by Gasteiger charge is -2.17. The number of hydrogen-bond donors (Lipinski definition) is 2. The number of aliphatic hydroxyl groups excluding tert-OH is 1. The number of likely N-dealkylation sites (tertiary alicyclic amines) is 1. The van der Waals surface area contributed by atoms with Gasteiger partial charge in [-0.3, -0.25) is 9.59 Å². The molecular formula is C14H26N2O3. The van der Waals surface area contributed by atoms with Crippen LogP contribution in [0.5, 0.6) is 0 Å². The van der Waals surface area contributed by atoms with E-state index in [9.17, 15) is 14.7 Å². The van der Waals surface area contributed by atoms with Crippen molar-refractivity contribution in [3.8, 4) is 0 Å². The molecule has 0 saturated carbocycles. The number of amides is 2. The van der Waals surface area contributed by atoms with Gasteiger partial charge in [0.25, 0.3) is 0 Å². The molecule has 2 amide bonds. The highest BCUT2D eigenvalue weighted by Gasteiger charge is 2.28. The van der Waals surface area contributed by atoms with Gasteiger partial charge < -0.3 is 15.3 Å². The monoisotopic (exact) mass is 270 g/mol. The molecule has 5 heteroatoms. The molecule has 5 nitrogen and oxygen atoms in total. The summed E-state index contributed by atoms with van der Waals surface area (Å²) in [4.78, 5) is 25.1. The molecule has 110 valence electrons. The van der Waals surface area contributed by atoms with Gasteiger partial charge in [-0.15, -0.1) is 0 Å². The van der Waals surface area contributed by atoms with Crippen LogP contribution in [0.4, 0.5) is 0 Å². The van der Waals surface area contributed by atoms with Crippen LogP contribution in [-0.2, 0) is 9.59 Å². The van der Waals surface area contributed by atoms with E-state index in [1.807, 2.05) is 6.92 Å². The van der Waals surface area contributed by atoms with Crippen LogP contribution in [0.15, 0.2) is 0 Å². The SMILES string of the molecule is CCCNC(=O)CCCC(=O)N1CCC(C(C)O)C1. The molecule has 0 radical (unpaired) electrons. The van der Waals surface area contributed by atoms with Gasteiger partial charge in [0.15, 0.2) is 0 Å². The van der Waals surface area contributed by atoms with Crippen molar-refractivity contribution in [2.45, 2.75) is 52.1 Å². The Morgan fingerprint density at radius 3 is 2.74 bits per heavy atom. The third-order valence-electron chi connectivity index (χ3n) is 3.63. The summed E-state index contributed by atoms with van der Waals surface area (Å²) >= 11 is 0. The van der Waals surface area contributed by atoms with Crippen LogP contribution in [0.1, 0.15) is 46.0 Å². The Morgan fingerprint density at radius 2 is 2.16 bits per heavy atom. The van der Waals surface area contributed by atoms with Crippen molar-refractivity contribution in [1.29, 1.82) is 0 Å². The zero-order valence-electron chi connectivity index (χ0n) is 12.0. The number of carbonyl (C=O) groups is 2. The van der Waals surface area contributed by atoms with E-state index in [2.05, 4.69) is 5.32 Å². The number of carbonyl (C=O) groups excluding carboxylic acids is 2. The lowest BCUT2D eigenvalue weighted by Crippen LogP contribution is -2.30. The maximum absolute atomic E-state index is 11.9. The molecular weight excluding hydrogens is 244 g/mol. The predicted molar refractivity (Wildman–Crippen MR) is 73.5 cm³/mol. The first-order valence-electron chi connectivity index (χ1n) is 7.27. The Hall–Kier alpha value is -1.10. The molecule has 0 bridgehead atoms. The quantitative estimate of drug-likeness (QED) is 0.722. The Kier molecular flexibility index (Phi) is 6.84. The average Bonchev–Trinajstić information content (AvgIpc) is 2.86. The molecule has 2 N–H and O–H groups in total. The Bertz CT molecular complexity index is 305. The summed E-state index contributed by atoms with van der Waals surface area (Å²) in [6.45, 7) is 5.87. The Labute approximate surface area is 115 Å². The van der Waals surface area contributed by atoms with Crippen molar-refractivity contribution in [1.82, 2.24) is 10.2 Å². The van der Waals surface area contributed by atoms with Crippen LogP contribution >= 0.6 is 0 Å². The van der Waals surface area contributed by atoms with Crippen LogP contribution in [-0.4, -0.2) is 47.6 Å². The van der Waals surface area contributed by atoms with Gasteiger partial charge >= 0.3 is 0 Å². The van der Waals surface area contributed by atoms with Crippen molar-refractivity contribution in [2.24, 2.45) is 5.92 Å². The van der Waals surface area contributed by atoms with Gasteiger partial charge in [-0.05, 0) is 26.2 Å². The minimum Gasteiger partial charge on any atom is -0.393 e. The number of rotatable bonds is 7. The van der Waals surface area contributed by atoms with E-state index in [1.165, 1.54) is 0 Å². The second-order valence-corrected chi connectivity index (χ2v) is 5.33. The van der Waals surface area contributed by atoms with Gasteiger partial charge in [-0.2, -0.15) is 0 Å². The fraction of sp³-hybridized carbons (Fsp3) is 0.857. The molecule has 1 aliphatic rings. The standard InChI is InChI=1S/C14H26N2O3/c1-3-8-15-13(18)5-4-6-14(19)16-9-7-12(10-16)11(2)17/h11-12,17H,3-10H2,1-2H3,(H,15,18). The van der Waals surface area contributed by atoms with Crippen molar-refractivity contribution in [2.75, 3.05) is 19.6 Å². The van der Waals surface area contributed by atoms with E-state index >= 15 is 0 Å². The van der Waals surface area contributed by atoms with Gasteiger partial charge in [0.05, 0.1) is 6.10 Å². The molecule has 0 aliphatic carbocycles. The number of nitrogens with zero attached hydrogens (tertiary/aromatic N) is 1. The number of nitrogens with one attached hydrogen (secondary N) is 1. The second kappa shape index (κ2) is 8.15. The van der Waals surface area contributed by atoms with Gasteiger partial charge in [0.2, 0.25) is 11.8 Å². The molecule has 0 aromatic heterocycles. The first-order valence-corrected chi connectivity index (χ1v) is 7.27. The summed E-state index contributed by atoms with van der Waals surface area (Å²) in [6, 6.07) is 0. The number of hydrogen-bond acceptors (Lipinski definition) is 3. The molecule has 1 aliphatic heterocycles. The highest BCUT2D eigenvalue weighted by atomic mass is 16.3. The molecule has 2 atom stereocenters. The average molecular weight is 270 g/mol. The van der Waals surface area contributed by atoms with Crippen LogP contribution in [0, 0.1) is 5.92 Å². The normalized spacial score (nSPS) is 20.4. The number of aliphatic hydroxyl groups is 1. The van der Waals surface area contributed by atoms with E-state index in [0.717, 1.165) is 19.4 Å². The van der Waals surface area contributed by atoms with Crippen molar-refractivity contribution >= 4 is 11.8 Å². The first-order chi connectivity index (χ1) is 9.04. The minimum absolute atomic E-state index is 0.0259. The maximum Gasteiger partial charge on any atom is 0.222 e. The Balaban J connectivity index is 2.16. The fourth-order valence-corrected chi connectivity index (χ4v) is 2.32. The van der Waals surface area contributed by atoms with Crippen LogP contribution in [0.25, 0.3) is 0 Å². The summed E-state index contributed by atoms with van der Waals surface area (Å²) in [5.41, 5.74) is 0. The summed E-state index contributed by atoms with van der Waals surface area (Å²) in [5.74, 6) is 0.334. The van der Waals surface area contributed by atoms with E-state index in [-0.39, 0.29) is 23.8 Å². The molecule has 1 rings (SSSR count). The minimum atomic E-state index is -0.349. The molecule has 1 fully saturated rings. The highest BCUT2D eigenvalue weighted by molar-refractivity contribution is 5.79. The van der Waals surface area contributed by atoms with Gasteiger partial charge in [0, 0.05) is 38.4 Å². The maximum atomic E-state index is 11.9. The zero-order chi connectivity index (χ0) is 14.3. The van der Waals surface area contributed by atoms with Crippen LogP contribution in [0.2, 0.25) is 0 Å². The van der Waals surface area contributed by atoms with Crippen molar-refractivity contribution in [3.05, 3.63) is 0 Å². The molecule has 0 spiro atoms. The molecule has 0 aromatic rings. The Morgan fingerprint density at radius 1 is 1.42 bits per heavy atom. The van der Waals surface area contributed by atoms with Gasteiger partial charge in [0.1, 0.15) is 0 Å². The van der Waals surface area contributed by atoms with Gasteiger partial charge in [-0.1, -0.05) is 6.92 Å². The summed E-state index contributed by atoms with van der Waals surface area (Å²) in [5, 5.41) is 12.3. The molecule has 1 saturated heterocycles. The second-order valence-electron chi connectivity index (χ2n) is 5.33. The molecule has 2 unspecified atom stereocenters. The third kappa shape index (κ3) is 5.59. The van der Waals surface area contributed by atoms with E-state index in [1.54, 1.807) is 11.8 Å². The van der Waals surface area contributed by atoms with E-state index < -0.39 is 0 Å². The van der Waals surface area contributed by atoms with E-state index in [0.29, 0.717) is 32.4 Å². The summed E-state index contributed by atoms with van der Waals surface area (Å²) in [7, 11) is 0. The van der Waals surface area contributed by atoms with Crippen molar-refractivity contribution < 1.29 is 14.7 Å². The van der Waals surface area contributed by atoms with Crippen molar-refractivity contribution in [3.63, 3.8) is 0 Å². The topological polar surface area (TPSA) is 69.6 Å². The lowest BCUT2D eigenvalue weighted by atomic mass is 10.0. The largest absolute Gasteiger partial charge is 0.393 e. The van der Waals surface area contributed by atoms with Gasteiger partial charge in [-0.25, -0.2) is 0 Å². The summed E-state index contributed by atoms with van der Waals surface area (Å²) < 4.78 is 0. The fourth-order valence-electron chi connectivity index (χ4n) is 2.32. The smallest absolute Gasteiger partial charge is 0.222 e. The van der Waals surface area contributed by atoms with Crippen LogP contribution in [0.3, 0.4) is 0 Å². The predicted octanol–water partition coefficient (Wildman–Crippen LogP) is 0.912.